The number of hydrogen-bond acceptors (Lipinski definition) is 4. The first-order valence-corrected chi connectivity index (χ1v) is 11.2. The van der Waals surface area contributed by atoms with Crippen molar-refractivity contribution in [2.24, 2.45) is 11.5 Å². The summed E-state index contributed by atoms with van der Waals surface area (Å²) in [6, 6.07) is 11.3. The van der Waals surface area contributed by atoms with Gasteiger partial charge in [-0.2, -0.15) is 0 Å². The first kappa shape index (κ1) is 21.5. The van der Waals surface area contributed by atoms with Crippen LogP contribution in [0.15, 0.2) is 36.4 Å². The zero-order valence-electron chi connectivity index (χ0n) is 18.2. The Kier molecular flexibility index (Phi) is 6.49. The molecule has 0 amide bonds. The maximum Gasteiger partial charge on any atom is 0.122 e. The van der Waals surface area contributed by atoms with Crippen LogP contribution in [0, 0.1) is 10.8 Å². The fraction of sp³-hybridized carbons (Fsp3) is 0.333. The summed E-state index contributed by atoms with van der Waals surface area (Å²) >= 11 is 0. The predicted octanol–water partition coefficient (Wildman–Crippen LogP) is 4.13. The summed E-state index contributed by atoms with van der Waals surface area (Å²) in [6.45, 7) is 0. The molecule has 2 heterocycles. The van der Waals surface area contributed by atoms with Crippen LogP contribution in [0.1, 0.15) is 61.3 Å². The first-order chi connectivity index (χ1) is 15.5. The van der Waals surface area contributed by atoms with E-state index in [1.165, 1.54) is 25.7 Å². The van der Waals surface area contributed by atoms with Gasteiger partial charge in [-0.3, -0.25) is 10.8 Å². The molecule has 4 rings (SSSR count). The van der Waals surface area contributed by atoms with E-state index < -0.39 is 0 Å². The Balaban J connectivity index is 1.14. The number of fused-ring (bicyclic) bond motifs is 2. The number of imidazole rings is 2. The molecular weight excluding hydrogens is 400 g/mol. The molecular formula is C24H30N8. The molecule has 0 spiro atoms. The summed E-state index contributed by atoms with van der Waals surface area (Å²) in [5.41, 5.74) is 16.3. The highest BCUT2D eigenvalue weighted by Gasteiger charge is 2.06. The highest BCUT2D eigenvalue weighted by Crippen LogP contribution is 2.17. The summed E-state index contributed by atoms with van der Waals surface area (Å²) < 4.78 is 0. The number of rotatable bonds is 11. The van der Waals surface area contributed by atoms with E-state index in [9.17, 15) is 0 Å². The molecule has 0 bridgehead atoms. The van der Waals surface area contributed by atoms with E-state index in [1.807, 2.05) is 36.4 Å². The van der Waals surface area contributed by atoms with Crippen molar-refractivity contribution in [3.05, 3.63) is 59.2 Å². The van der Waals surface area contributed by atoms with Gasteiger partial charge in [0.25, 0.3) is 0 Å². The van der Waals surface area contributed by atoms with Crippen molar-refractivity contribution in [1.82, 2.24) is 19.9 Å². The average molecular weight is 431 g/mol. The Hall–Kier alpha value is -3.68. The molecule has 2 aromatic heterocycles. The number of hydrogen-bond donors (Lipinski definition) is 6. The van der Waals surface area contributed by atoms with Gasteiger partial charge in [0.2, 0.25) is 0 Å². The lowest BCUT2D eigenvalue weighted by Crippen LogP contribution is -2.10. The van der Waals surface area contributed by atoms with E-state index in [1.54, 1.807) is 0 Å². The predicted molar refractivity (Wildman–Crippen MR) is 129 cm³/mol. The minimum absolute atomic E-state index is 0.0745. The number of nitrogens with one attached hydrogen (secondary N) is 4. The van der Waals surface area contributed by atoms with E-state index in [4.69, 9.17) is 22.3 Å². The van der Waals surface area contributed by atoms with E-state index in [0.717, 1.165) is 70.5 Å². The molecule has 0 saturated carbocycles. The Morgan fingerprint density at radius 2 is 1.06 bits per heavy atom. The molecule has 0 radical (unpaired) electrons. The zero-order chi connectivity index (χ0) is 22.5. The molecule has 8 nitrogen and oxygen atoms in total. The third kappa shape index (κ3) is 5.14. The first-order valence-electron chi connectivity index (χ1n) is 11.2. The van der Waals surface area contributed by atoms with Crippen LogP contribution in [0.2, 0.25) is 0 Å². The molecule has 166 valence electrons. The van der Waals surface area contributed by atoms with Crippen molar-refractivity contribution in [2.75, 3.05) is 0 Å². The summed E-state index contributed by atoms with van der Waals surface area (Å²) in [4.78, 5) is 16.0. The van der Waals surface area contributed by atoms with Crippen molar-refractivity contribution in [3.63, 3.8) is 0 Å². The zero-order valence-corrected chi connectivity index (χ0v) is 18.2. The number of nitrogens with zero attached hydrogens (tertiary/aromatic N) is 2. The number of benzene rings is 2. The lowest BCUT2D eigenvalue weighted by molar-refractivity contribution is 0.586. The van der Waals surface area contributed by atoms with E-state index in [-0.39, 0.29) is 11.7 Å². The number of amidine groups is 2. The van der Waals surface area contributed by atoms with Gasteiger partial charge < -0.3 is 21.4 Å². The molecule has 32 heavy (non-hydrogen) atoms. The SMILES string of the molecule is N=C(N)c1ccc2nc(CCCCCCCCc3nc4ccc(C(=N)N)cc4[nH]3)[nH]c2c1. The van der Waals surface area contributed by atoms with Gasteiger partial charge in [0.1, 0.15) is 23.3 Å². The molecule has 0 saturated heterocycles. The summed E-state index contributed by atoms with van der Waals surface area (Å²) in [5.74, 6) is 2.15. The van der Waals surface area contributed by atoms with Crippen LogP contribution in [0.5, 0.6) is 0 Å². The summed E-state index contributed by atoms with van der Waals surface area (Å²) in [5, 5.41) is 15.1. The quantitative estimate of drug-likeness (QED) is 0.120. The van der Waals surface area contributed by atoms with Crippen molar-refractivity contribution in [1.29, 1.82) is 10.8 Å². The molecule has 4 aromatic rings. The van der Waals surface area contributed by atoms with E-state index in [0.29, 0.717) is 0 Å². The number of unbranched alkanes of at least 4 members (excludes halogenated alkanes) is 5. The minimum Gasteiger partial charge on any atom is -0.384 e. The van der Waals surface area contributed by atoms with Gasteiger partial charge in [0.15, 0.2) is 0 Å². The molecule has 2 aromatic carbocycles. The van der Waals surface area contributed by atoms with Crippen molar-refractivity contribution >= 4 is 33.7 Å². The largest absolute Gasteiger partial charge is 0.384 e. The van der Waals surface area contributed by atoms with Crippen molar-refractivity contribution in [3.8, 4) is 0 Å². The van der Waals surface area contributed by atoms with Crippen LogP contribution in [0.25, 0.3) is 22.1 Å². The average Bonchev–Trinajstić information content (AvgIpc) is 3.37. The third-order valence-corrected chi connectivity index (χ3v) is 5.76. The fourth-order valence-corrected chi connectivity index (χ4v) is 3.99. The fourth-order valence-electron chi connectivity index (χ4n) is 3.99. The monoisotopic (exact) mass is 430 g/mol. The molecule has 0 aliphatic rings. The highest BCUT2D eigenvalue weighted by molar-refractivity contribution is 5.98. The molecule has 0 fully saturated rings. The van der Waals surface area contributed by atoms with E-state index >= 15 is 0 Å². The maximum atomic E-state index is 7.55. The van der Waals surface area contributed by atoms with Gasteiger partial charge in [-0.05, 0) is 49.2 Å². The number of aryl methyl sites for hydroxylation is 2. The van der Waals surface area contributed by atoms with Gasteiger partial charge in [0, 0.05) is 24.0 Å². The Bertz CT molecular complexity index is 1150. The Morgan fingerprint density at radius 1 is 0.656 bits per heavy atom. The molecule has 8 N–H and O–H groups in total. The second-order valence-electron chi connectivity index (χ2n) is 8.28. The van der Waals surface area contributed by atoms with Gasteiger partial charge in [-0.25, -0.2) is 9.97 Å². The second kappa shape index (κ2) is 9.64. The minimum atomic E-state index is 0.0745. The van der Waals surface area contributed by atoms with Crippen LogP contribution in [0.3, 0.4) is 0 Å². The highest BCUT2D eigenvalue weighted by atomic mass is 14.9. The number of H-pyrrole nitrogens is 2. The van der Waals surface area contributed by atoms with Crippen LogP contribution < -0.4 is 11.5 Å². The van der Waals surface area contributed by atoms with E-state index in [2.05, 4.69) is 19.9 Å². The number of aromatic amines is 2. The maximum absolute atomic E-state index is 7.55. The molecule has 0 aliphatic heterocycles. The normalized spacial score (nSPS) is 11.4. The summed E-state index contributed by atoms with van der Waals surface area (Å²) in [7, 11) is 0. The van der Waals surface area contributed by atoms with Gasteiger partial charge in [0.05, 0.1) is 22.1 Å². The van der Waals surface area contributed by atoms with Crippen LogP contribution in [-0.4, -0.2) is 31.6 Å². The molecule has 0 atom stereocenters. The lowest BCUT2D eigenvalue weighted by Gasteiger charge is -2.01. The standard InChI is InChI=1S/C24H30N8/c25-23(26)15-9-11-17-19(13-15)31-21(29-17)7-5-3-1-2-4-6-8-22-30-18-12-10-16(24(27)28)14-20(18)32-22/h9-14H,1-8H2,(H3,25,26)(H3,27,28)(H,29,31)(H,30,32). The molecule has 0 unspecified atom stereocenters. The topological polar surface area (TPSA) is 157 Å². The summed E-state index contributed by atoms with van der Waals surface area (Å²) in [6.07, 6.45) is 8.91. The Morgan fingerprint density at radius 3 is 1.47 bits per heavy atom. The van der Waals surface area contributed by atoms with Crippen molar-refractivity contribution in [2.45, 2.75) is 51.4 Å². The van der Waals surface area contributed by atoms with Crippen LogP contribution >= 0.6 is 0 Å². The number of nitrogens with two attached hydrogens (primary N) is 2. The van der Waals surface area contributed by atoms with Gasteiger partial charge in [-0.15, -0.1) is 0 Å². The lowest BCUT2D eigenvalue weighted by atomic mass is 10.1. The van der Waals surface area contributed by atoms with Gasteiger partial charge >= 0.3 is 0 Å². The van der Waals surface area contributed by atoms with Crippen LogP contribution in [0.4, 0.5) is 0 Å². The Labute approximate surface area is 186 Å². The van der Waals surface area contributed by atoms with Crippen molar-refractivity contribution < 1.29 is 0 Å². The number of nitrogen functional groups attached to an aromatic ring is 2. The second-order valence-corrected chi connectivity index (χ2v) is 8.28. The van der Waals surface area contributed by atoms with Crippen LogP contribution in [-0.2, 0) is 12.8 Å². The molecule has 8 heteroatoms. The molecule has 0 aliphatic carbocycles. The third-order valence-electron chi connectivity index (χ3n) is 5.76. The van der Waals surface area contributed by atoms with Gasteiger partial charge in [-0.1, -0.05) is 25.7 Å². The number of aromatic nitrogens is 4. The smallest absolute Gasteiger partial charge is 0.122 e.